The summed E-state index contributed by atoms with van der Waals surface area (Å²) in [5, 5.41) is 2.86. The van der Waals surface area contributed by atoms with Gasteiger partial charge in [-0.1, -0.05) is 24.3 Å². The summed E-state index contributed by atoms with van der Waals surface area (Å²) < 4.78 is 0. The summed E-state index contributed by atoms with van der Waals surface area (Å²) in [6.07, 6.45) is 0.742. The van der Waals surface area contributed by atoms with Gasteiger partial charge < -0.3 is 10.2 Å². The van der Waals surface area contributed by atoms with Crippen LogP contribution in [0.4, 0.5) is 5.69 Å². The summed E-state index contributed by atoms with van der Waals surface area (Å²) >= 11 is 3.26. The highest BCUT2D eigenvalue weighted by Gasteiger charge is 2.39. The van der Waals surface area contributed by atoms with Crippen molar-refractivity contribution in [2.75, 3.05) is 16.9 Å². The molecule has 140 valence electrons. The van der Waals surface area contributed by atoms with Crippen LogP contribution in [0.3, 0.4) is 0 Å². The fourth-order valence-corrected chi connectivity index (χ4v) is 5.86. The van der Waals surface area contributed by atoms with E-state index in [9.17, 15) is 9.59 Å². The maximum atomic E-state index is 13.1. The molecule has 4 rings (SSSR count). The highest BCUT2D eigenvalue weighted by molar-refractivity contribution is 8.01. The largest absolute Gasteiger partial charge is 0.324 e. The van der Waals surface area contributed by atoms with Gasteiger partial charge in [0.15, 0.2) is 0 Å². The van der Waals surface area contributed by atoms with Crippen LogP contribution in [0.1, 0.15) is 16.7 Å². The predicted octanol–water partition coefficient (Wildman–Crippen LogP) is 3.86. The Bertz CT molecular complexity index is 875. The van der Waals surface area contributed by atoms with Gasteiger partial charge in [0.25, 0.3) is 0 Å². The van der Waals surface area contributed by atoms with E-state index >= 15 is 0 Å². The number of aryl methyl sites for hydroxylation is 2. The van der Waals surface area contributed by atoms with Gasteiger partial charge in [-0.2, -0.15) is 0 Å². The number of nitrogens with one attached hydrogen (secondary N) is 1. The third-order valence-electron chi connectivity index (χ3n) is 5.17. The molecule has 0 aliphatic carbocycles. The number of nitrogens with zero attached hydrogens (tertiary/aromatic N) is 1. The molecule has 2 aromatic rings. The van der Waals surface area contributed by atoms with E-state index in [1.54, 1.807) is 28.4 Å². The zero-order chi connectivity index (χ0) is 19.0. The van der Waals surface area contributed by atoms with Crippen molar-refractivity contribution in [3.8, 4) is 0 Å². The Hall–Kier alpha value is -1.92. The van der Waals surface area contributed by atoms with Crippen molar-refractivity contribution in [3.63, 3.8) is 0 Å². The molecule has 2 heterocycles. The van der Waals surface area contributed by atoms with E-state index in [1.165, 1.54) is 16.0 Å². The Morgan fingerprint density at radius 2 is 1.93 bits per heavy atom. The Kier molecular flexibility index (Phi) is 5.19. The molecule has 2 aromatic carbocycles. The molecular formula is C21H22N2O2S2. The molecule has 0 spiro atoms. The second-order valence-corrected chi connectivity index (χ2v) is 9.27. The number of fused-ring (bicyclic) bond motifs is 1. The van der Waals surface area contributed by atoms with Crippen molar-refractivity contribution in [1.29, 1.82) is 0 Å². The SMILES string of the molecule is Cc1ccc(NC(=O)C2CSCN2C(=O)C2Cc3ccccc3S2)cc1C. The zero-order valence-corrected chi connectivity index (χ0v) is 17.0. The van der Waals surface area contributed by atoms with Gasteiger partial charge in [-0.25, -0.2) is 0 Å². The predicted molar refractivity (Wildman–Crippen MR) is 112 cm³/mol. The molecule has 1 saturated heterocycles. The maximum absolute atomic E-state index is 13.1. The number of carbonyl (C=O) groups is 2. The van der Waals surface area contributed by atoms with E-state index in [1.807, 2.05) is 44.2 Å². The van der Waals surface area contributed by atoms with Crippen molar-refractivity contribution in [1.82, 2.24) is 4.90 Å². The average Bonchev–Trinajstić information content (AvgIpc) is 3.31. The number of amides is 2. The molecule has 2 amide bonds. The molecule has 2 atom stereocenters. The monoisotopic (exact) mass is 398 g/mol. The average molecular weight is 399 g/mol. The van der Waals surface area contributed by atoms with Gasteiger partial charge >= 0.3 is 0 Å². The molecule has 0 bridgehead atoms. The summed E-state index contributed by atoms with van der Waals surface area (Å²) in [5.74, 6) is 1.20. The number of carbonyl (C=O) groups excluding carboxylic acids is 2. The highest BCUT2D eigenvalue weighted by Crippen LogP contribution is 2.39. The van der Waals surface area contributed by atoms with E-state index in [2.05, 4.69) is 17.4 Å². The van der Waals surface area contributed by atoms with Crippen molar-refractivity contribution < 1.29 is 9.59 Å². The number of hydrogen-bond donors (Lipinski definition) is 1. The van der Waals surface area contributed by atoms with Gasteiger partial charge in [-0.15, -0.1) is 23.5 Å². The zero-order valence-electron chi connectivity index (χ0n) is 15.4. The minimum atomic E-state index is -0.409. The topological polar surface area (TPSA) is 49.4 Å². The van der Waals surface area contributed by atoms with Gasteiger partial charge in [0.2, 0.25) is 11.8 Å². The van der Waals surface area contributed by atoms with Gasteiger partial charge in [-0.3, -0.25) is 9.59 Å². The third kappa shape index (κ3) is 3.73. The summed E-state index contributed by atoms with van der Waals surface area (Å²) in [6, 6.07) is 13.6. The molecule has 1 N–H and O–H groups in total. The lowest BCUT2D eigenvalue weighted by molar-refractivity contribution is -0.135. The molecule has 2 aliphatic heterocycles. The molecule has 1 fully saturated rings. The number of rotatable bonds is 3. The van der Waals surface area contributed by atoms with Crippen LogP contribution >= 0.6 is 23.5 Å². The number of anilines is 1. The van der Waals surface area contributed by atoms with E-state index in [-0.39, 0.29) is 17.1 Å². The standard InChI is InChI=1S/C21H22N2O2S2/c1-13-7-8-16(9-14(13)2)22-20(24)17-11-26-12-23(17)21(25)19-10-15-5-3-4-6-18(15)27-19/h3-9,17,19H,10-12H2,1-2H3,(H,22,24). The lowest BCUT2D eigenvalue weighted by atomic mass is 10.1. The van der Waals surface area contributed by atoms with E-state index in [4.69, 9.17) is 0 Å². The Labute approximate surface area is 168 Å². The number of benzene rings is 2. The van der Waals surface area contributed by atoms with E-state index < -0.39 is 6.04 Å². The highest BCUT2D eigenvalue weighted by atomic mass is 32.2. The Morgan fingerprint density at radius 1 is 1.11 bits per heavy atom. The molecule has 0 saturated carbocycles. The van der Waals surface area contributed by atoms with Crippen molar-refractivity contribution >= 4 is 41.0 Å². The van der Waals surface area contributed by atoms with Crippen LogP contribution in [-0.2, 0) is 16.0 Å². The molecule has 0 radical (unpaired) electrons. The van der Waals surface area contributed by atoms with Crippen LogP contribution in [0.2, 0.25) is 0 Å². The quantitative estimate of drug-likeness (QED) is 0.853. The van der Waals surface area contributed by atoms with Crippen LogP contribution in [-0.4, -0.2) is 39.6 Å². The van der Waals surface area contributed by atoms with E-state index in [0.717, 1.165) is 17.7 Å². The first kappa shape index (κ1) is 18.4. The Balaban J connectivity index is 1.45. The van der Waals surface area contributed by atoms with Gasteiger partial charge in [0.05, 0.1) is 11.1 Å². The first-order valence-corrected chi connectivity index (χ1v) is 11.1. The van der Waals surface area contributed by atoms with Crippen LogP contribution < -0.4 is 5.32 Å². The summed E-state index contributed by atoms with van der Waals surface area (Å²) in [7, 11) is 0. The summed E-state index contributed by atoms with van der Waals surface area (Å²) in [5.41, 5.74) is 4.35. The van der Waals surface area contributed by atoms with Crippen LogP contribution in [0.25, 0.3) is 0 Å². The molecule has 0 aromatic heterocycles. The van der Waals surface area contributed by atoms with Gasteiger partial charge in [-0.05, 0) is 55.2 Å². The molecule has 2 unspecified atom stereocenters. The second kappa shape index (κ2) is 7.60. The summed E-state index contributed by atoms with van der Waals surface area (Å²) in [4.78, 5) is 28.9. The lowest BCUT2D eigenvalue weighted by Crippen LogP contribution is -2.47. The van der Waals surface area contributed by atoms with Crippen molar-refractivity contribution in [2.45, 2.75) is 36.5 Å². The minimum absolute atomic E-state index is 0.0708. The van der Waals surface area contributed by atoms with Crippen molar-refractivity contribution in [2.24, 2.45) is 0 Å². The molecular weight excluding hydrogens is 376 g/mol. The summed E-state index contributed by atoms with van der Waals surface area (Å²) in [6.45, 7) is 4.08. The first-order chi connectivity index (χ1) is 13.0. The second-order valence-electron chi connectivity index (χ2n) is 7.03. The molecule has 27 heavy (non-hydrogen) atoms. The maximum Gasteiger partial charge on any atom is 0.248 e. The van der Waals surface area contributed by atoms with Crippen molar-refractivity contribution in [3.05, 3.63) is 59.2 Å². The first-order valence-electron chi connectivity index (χ1n) is 9.04. The minimum Gasteiger partial charge on any atom is -0.324 e. The fraction of sp³-hybridized carbons (Fsp3) is 0.333. The van der Waals surface area contributed by atoms with Gasteiger partial charge in [0.1, 0.15) is 6.04 Å². The van der Waals surface area contributed by atoms with E-state index in [0.29, 0.717) is 11.6 Å². The van der Waals surface area contributed by atoms with Crippen LogP contribution in [0.15, 0.2) is 47.4 Å². The van der Waals surface area contributed by atoms with Crippen LogP contribution in [0.5, 0.6) is 0 Å². The fourth-order valence-electron chi connectivity index (χ4n) is 3.43. The molecule has 4 nitrogen and oxygen atoms in total. The molecule has 6 heteroatoms. The van der Waals surface area contributed by atoms with Crippen LogP contribution in [0, 0.1) is 13.8 Å². The lowest BCUT2D eigenvalue weighted by Gasteiger charge is -2.25. The number of hydrogen-bond acceptors (Lipinski definition) is 4. The number of thioether (sulfide) groups is 2. The normalized spacial score (nSPS) is 21.2. The smallest absolute Gasteiger partial charge is 0.248 e. The molecule has 2 aliphatic rings. The third-order valence-corrected chi connectivity index (χ3v) is 7.48. The van der Waals surface area contributed by atoms with Gasteiger partial charge in [0, 0.05) is 16.3 Å². The Morgan fingerprint density at radius 3 is 2.70 bits per heavy atom.